The smallest absolute Gasteiger partial charge is 0.253 e. The molecule has 0 saturated heterocycles. The number of pyridine rings is 1. The molecule has 1 amide bonds. The molecule has 4 nitrogen and oxygen atoms in total. The number of nitrogen functional groups attached to an aromatic ring is 1. The van der Waals surface area contributed by atoms with Crippen molar-refractivity contribution in [2.75, 3.05) is 5.73 Å². The summed E-state index contributed by atoms with van der Waals surface area (Å²) in [7, 11) is 0. The fraction of sp³-hybridized carbons (Fsp3) is 0.375. The van der Waals surface area contributed by atoms with Gasteiger partial charge in [0.25, 0.3) is 5.91 Å². The molecule has 0 aliphatic carbocycles. The lowest BCUT2D eigenvalue weighted by Crippen LogP contribution is -2.37. The third-order valence-corrected chi connectivity index (χ3v) is 3.93. The van der Waals surface area contributed by atoms with Crippen LogP contribution in [0.4, 0.5) is 5.82 Å². The number of nitrogens with one attached hydrogen (secondary N) is 1. The van der Waals surface area contributed by atoms with Crippen molar-refractivity contribution in [2.24, 2.45) is 5.92 Å². The first kappa shape index (κ1) is 14.3. The number of hydrogen-bond donors (Lipinski definition) is 2. The van der Waals surface area contributed by atoms with Crippen molar-refractivity contribution in [3.05, 3.63) is 36.0 Å². The Kier molecular flexibility index (Phi) is 4.23. The second-order valence-corrected chi connectivity index (χ2v) is 5.25. The number of anilines is 1. The Bertz CT molecular complexity index is 624. The molecule has 2 atom stereocenters. The van der Waals surface area contributed by atoms with Crippen LogP contribution < -0.4 is 11.1 Å². The molecule has 1 aromatic carbocycles. The lowest BCUT2D eigenvalue weighted by molar-refractivity contribution is 0.0929. The van der Waals surface area contributed by atoms with Gasteiger partial charge in [-0.2, -0.15) is 0 Å². The fourth-order valence-corrected chi connectivity index (χ4v) is 2.18. The molecular weight excluding hydrogens is 250 g/mol. The Balaban J connectivity index is 2.34. The number of nitrogens with zero attached hydrogens (tertiary/aromatic N) is 1. The lowest BCUT2D eigenvalue weighted by atomic mass is 10.00. The summed E-state index contributed by atoms with van der Waals surface area (Å²) < 4.78 is 0. The maximum absolute atomic E-state index is 12.4. The Labute approximate surface area is 119 Å². The van der Waals surface area contributed by atoms with Crippen molar-refractivity contribution in [3.8, 4) is 0 Å². The van der Waals surface area contributed by atoms with Crippen LogP contribution in [0.2, 0.25) is 0 Å². The molecule has 0 radical (unpaired) electrons. The molecule has 0 aliphatic rings. The molecule has 0 bridgehead atoms. The Morgan fingerprint density at radius 2 is 1.95 bits per heavy atom. The lowest BCUT2D eigenvalue weighted by Gasteiger charge is -2.20. The Morgan fingerprint density at radius 1 is 1.30 bits per heavy atom. The second-order valence-electron chi connectivity index (χ2n) is 5.25. The van der Waals surface area contributed by atoms with E-state index in [0.717, 1.165) is 17.2 Å². The SMILES string of the molecule is CCC(C)C(C)NC(=O)c1cnc(N)c2ccccc12. The number of amides is 1. The minimum absolute atomic E-state index is 0.0958. The van der Waals surface area contributed by atoms with E-state index in [1.807, 2.05) is 31.2 Å². The highest BCUT2D eigenvalue weighted by molar-refractivity contribution is 6.09. The van der Waals surface area contributed by atoms with E-state index in [-0.39, 0.29) is 11.9 Å². The van der Waals surface area contributed by atoms with Gasteiger partial charge >= 0.3 is 0 Å². The van der Waals surface area contributed by atoms with Gasteiger partial charge in [0, 0.05) is 17.6 Å². The van der Waals surface area contributed by atoms with E-state index in [1.54, 1.807) is 6.20 Å². The third kappa shape index (κ3) is 2.74. The van der Waals surface area contributed by atoms with Crippen molar-refractivity contribution < 1.29 is 4.79 Å². The largest absolute Gasteiger partial charge is 0.383 e. The Morgan fingerprint density at radius 3 is 2.60 bits per heavy atom. The molecule has 1 heterocycles. The number of nitrogens with two attached hydrogens (primary N) is 1. The van der Waals surface area contributed by atoms with Crippen molar-refractivity contribution in [1.82, 2.24) is 10.3 Å². The van der Waals surface area contributed by atoms with Crippen molar-refractivity contribution in [1.29, 1.82) is 0 Å². The van der Waals surface area contributed by atoms with E-state index < -0.39 is 0 Å². The normalized spacial score (nSPS) is 13.9. The molecule has 2 aromatic rings. The number of benzene rings is 1. The van der Waals surface area contributed by atoms with E-state index in [9.17, 15) is 4.79 Å². The maximum atomic E-state index is 12.4. The molecule has 4 heteroatoms. The van der Waals surface area contributed by atoms with Gasteiger partial charge in [-0.15, -0.1) is 0 Å². The average Bonchev–Trinajstić information content (AvgIpc) is 2.46. The zero-order chi connectivity index (χ0) is 14.7. The van der Waals surface area contributed by atoms with Crippen molar-refractivity contribution >= 4 is 22.5 Å². The Hall–Kier alpha value is -2.10. The number of hydrogen-bond acceptors (Lipinski definition) is 3. The van der Waals surface area contributed by atoms with Crippen LogP contribution in [-0.2, 0) is 0 Å². The molecule has 0 spiro atoms. The minimum Gasteiger partial charge on any atom is -0.383 e. The van der Waals surface area contributed by atoms with Gasteiger partial charge in [0.2, 0.25) is 0 Å². The summed E-state index contributed by atoms with van der Waals surface area (Å²) in [5.74, 6) is 0.792. The predicted molar refractivity (Wildman–Crippen MR) is 82.5 cm³/mol. The number of aromatic nitrogens is 1. The molecular formula is C16H21N3O. The number of carbonyl (C=O) groups excluding carboxylic acids is 1. The first-order valence-electron chi connectivity index (χ1n) is 6.98. The van der Waals surface area contributed by atoms with Crippen LogP contribution >= 0.6 is 0 Å². The van der Waals surface area contributed by atoms with E-state index in [0.29, 0.717) is 17.3 Å². The standard InChI is InChI=1S/C16H21N3O/c1-4-10(2)11(3)19-16(20)14-9-18-15(17)13-8-6-5-7-12(13)14/h5-11H,4H2,1-3H3,(H2,17,18)(H,19,20). The van der Waals surface area contributed by atoms with Crippen LogP contribution in [0.15, 0.2) is 30.5 Å². The van der Waals surface area contributed by atoms with Crippen LogP contribution in [0.25, 0.3) is 10.8 Å². The molecule has 2 unspecified atom stereocenters. The number of rotatable bonds is 4. The summed E-state index contributed by atoms with van der Waals surface area (Å²) in [4.78, 5) is 16.5. The first-order chi connectivity index (χ1) is 9.54. The zero-order valence-electron chi connectivity index (χ0n) is 12.2. The van der Waals surface area contributed by atoms with Gasteiger partial charge in [-0.1, -0.05) is 44.5 Å². The molecule has 0 saturated carbocycles. The van der Waals surface area contributed by atoms with E-state index in [1.165, 1.54) is 0 Å². The highest BCUT2D eigenvalue weighted by Crippen LogP contribution is 2.22. The summed E-state index contributed by atoms with van der Waals surface area (Å²) in [6, 6.07) is 7.70. The second kappa shape index (κ2) is 5.90. The van der Waals surface area contributed by atoms with Gasteiger partial charge in [-0.05, 0) is 18.2 Å². The first-order valence-corrected chi connectivity index (χ1v) is 6.98. The van der Waals surface area contributed by atoms with Crippen LogP contribution in [0.5, 0.6) is 0 Å². The summed E-state index contributed by atoms with van der Waals surface area (Å²) in [6.07, 6.45) is 2.58. The van der Waals surface area contributed by atoms with Gasteiger partial charge in [0.05, 0.1) is 5.56 Å². The van der Waals surface area contributed by atoms with Crippen molar-refractivity contribution in [2.45, 2.75) is 33.2 Å². The van der Waals surface area contributed by atoms with Gasteiger partial charge in [-0.25, -0.2) is 4.98 Å². The van der Waals surface area contributed by atoms with E-state index >= 15 is 0 Å². The molecule has 1 aromatic heterocycles. The molecule has 106 valence electrons. The molecule has 2 rings (SSSR count). The third-order valence-electron chi connectivity index (χ3n) is 3.93. The monoisotopic (exact) mass is 271 g/mol. The van der Waals surface area contributed by atoms with Crippen molar-refractivity contribution in [3.63, 3.8) is 0 Å². The highest BCUT2D eigenvalue weighted by atomic mass is 16.1. The minimum atomic E-state index is -0.0958. The average molecular weight is 271 g/mol. The van der Waals surface area contributed by atoms with E-state index in [4.69, 9.17) is 5.73 Å². The summed E-state index contributed by atoms with van der Waals surface area (Å²) in [5.41, 5.74) is 6.43. The molecule has 0 aliphatic heterocycles. The molecule has 0 fully saturated rings. The van der Waals surface area contributed by atoms with E-state index in [2.05, 4.69) is 24.1 Å². The predicted octanol–water partition coefficient (Wildman–Crippen LogP) is 2.98. The van der Waals surface area contributed by atoms with Gasteiger partial charge in [0.15, 0.2) is 0 Å². The van der Waals surface area contributed by atoms with Crippen LogP contribution in [0.3, 0.4) is 0 Å². The number of carbonyl (C=O) groups is 1. The zero-order valence-corrected chi connectivity index (χ0v) is 12.2. The summed E-state index contributed by atoms with van der Waals surface area (Å²) >= 11 is 0. The van der Waals surface area contributed by atoms with Gasteiger partial charge < -0.3 is 11.1 Å². The van der Waals surface area contributed by atoms with Crippen LogP contribution in [0.1, 0.15) is 37.6 Å². The van der Waals surface area contributed by atoms with Gasteiger partial charge in [0.1, 0.15) is 5.82 Å². The topological polar surface area (TPSA) is 68.0 Å². The number of fused-ring (bicyclic) bond motifs is 1. The van der Waals surface area contributed by atoms with Crippen LogP contribution in [0, 0.1) is 5.92 Å². The summed E-state index contributed by atoms with van der Waals surface area (Å²) in [6.45, 7) is 6.27. The quantitative estimate of drug-likeness (QED) is 0.898. The molecule has 3 N–H and O–H groups in total. The molecule has 20 heavy (non-hydrogen) atoms. The highest BCUT2D eigenvalue weighted by Gasteiger charge is 2.17. The fourth-order valence-electron chi connectivity index (χ4n) is 2.18. The van der Waals surface area contributed by atoms with Crippen LogP contribution in [-0.4, -0.2) is 16.9 Å². The van der Waals surface area contributed by atoms with Gasteiger partial charge in [-0.3, -0.25) is 4.79 Å². The summed E-state index contributed by atoms with van der Waals surface area (Å²) in [5, 5.41) is 4.70. The maximum Gasteiger partial charge on any atom is 0.253 e.